The number of hydrazone groups is 1. The largest absolute Gasteiger partial charge is 0.452 e. The molecule has 0 fully saturated rings. The van der Waals surface area contributed by atoms with Crippen molar-refractivity contribution in [2.75, 3.05) is 12.4 Å². The maximum absolute atomic E-state index is 11.9. The number of thiophene rings is 1. The van der Waals surface area contributed by atoms with Crippen LogP contribution >= 0.6 is 11.3 Å². The second-order valence-electron chi connectivity index (χ2n) is 4.31. The summed E-state index contributed by atoms with van der Waals surface area (Å²) in [7, 11) is 1.27. The minimum Gasteiger partial charge on any atom is -0.452 e. The summed E-state index contributed by atoms with van der Waals surface area (Å²) in [6.45, 7) is 1.76. The molecule has 0 aliphatic heterocycles. The number of hydrogen-bond donors (Lipinski definition) is 2. The normalized spacial score (nSPS) is 10.9. The van der Waals surface area contributed by atoms with E-state index in [0.29, 0.717) is 16.3 Å². The highest BCUT2D eigenvalue weighted by molar-refractivity contribution is 7.12. The Balaban J connectivity index is 2.01. The number of benzene rings is 1. The van der Waals surface area contributed by atoms with Gasteiger partial charge in [0.05, 0.1) is 17.7 Å². The van der Waals surface area contributed by atoms with E-state index >= 15 is 0 Å². The number of nitrogens with zero attached hydrogens (tertiary/aromatic N) is 1. The number of nitrogens with one attached hydrogen (secondary N) is 2. The fourth-order valence-corrected chi connectivity index (χ4v) is 2.25. The molecule has 0 bridgehead atoms. The van der Waals surface area contributed by atoms with Gasteiger partial charge >= 0.3 is 6.09 Å². The van der Waals surface area contributed by atoms with E-state index in [1.54, 1.807) is 25.1 Å². The van der Waals surface area contributed by atoms with Crippen LogP contribution < -0.4 is 10.7 Å². The lowest BCUT2D eigenvalue weighted by Gasteiger charge is -2.06. The highest BCUT2D eigenvalue weighted by atomic mass is 32.1. The molecule has 2 rings (SSSR count). The van der Waals surface area contributed by atoms with Gasteiger partial charge in [0.15, 0.2) is 0 Å². The molecule has 0 atom stereocenters. The SMILES string of the molecule is COC(=O)NN=C(C)c1ccc(NC(=O)c2cccs2)cc1. The Morgan fingerprint density at radius 3 is 2.50 bits per heavy atom. The van der Waals surface area contributed by atoms with Crippen LogP contribution in [0.4, 0.5) is 10.5 Å². The molecule has 22 heavy (non-hydrogen) atoms. The predicted molar refractivity (Wildman–Crippen MR) is 86.5 cm³/mol. The summed E-state index contributed by atoms with van der Waals surface area (Å²) in [6, 6.07) is 10.8. The van der Waals surface area contributed by atoms with Crippen LogP contribution in [0, 0.1) is 0 Å². The van der Waals surface area contributed by atoms with Gasteiger partial charge in [0.2, 0.25) is 0 Å². The summed E-state index contributed by atoms with van der Waals surface area (Å²) in [5.41, 5.74) is 4.40. The average molecular weight is 317 g/mol. The van der Waals surface area contributed by atoms with Crippen molar-refractivity contribution >= 4 is 34.7 Å². The Bertz CT molecular complexity index is 679. The molecular formula is C15H15N3O3S. The lowest BCUT2D eigenvalue weighted by atomic mass is 10.1. The van der Waals surface area contributed by atoms with Crippen LogP contribution in [0.1, 0.15) is 22.2 Å². The molecule has 0 unspecified atom stereocenters. The van der Waals surface area contributed by atoms with Crippen LogP contribution in [-0.2, 0) is 4.74 Å². The molecule has 114 valence electrons. The van der Waals surface area contributed by atoms with E-state index in [0.717, 1.165) is 5.56 Å². The molecule has 2 amide bonds. The first-order valence-electron chi connectivity index (χ1n) is 6.43. The Kier molecular flexibility index (Phi) is 5.26. The van der Waals surface area contributed by atoms with E-state index in [2.05, 4.69) is 20.6 Å². The van der Waals surface area contributed by atoms with E-state index in [4.69, 9.17) is 0 Å². The van der Waals surface area contributed by atoms with Gasteiger partial charge < -0.3 is 10.1 Å². The molecule has 0 saturated carbocycles. The minimum absolute atomic E-state index is 0.138. The molecular weight excluding hydrogens is 302 g/mol. The highest BCUT2D eigenvalue weighted by Gasteiger charge is 2.07. The predicted octanol–water partition coefficient (Wildman–Crippen LogP) is 3.08. The summed E-state index contributed by atoms with van der Waals surface area (Å²) in [5, 5.41) is 8.57. The molecule has 0 radical (unpaired) electrons. The molecule has 1 aromatic carbocycles. The third kappa shape index (κ3) is 4.16. The Morgan fingerprint density at radius 1 is 1.18 bits per heavy atom. The van der Waals surface area contributed by atoms with Gasteiger partial charge in [-0.1, -0.05) is 18.2 Å². The molecule has 1 heterocycles. The van der Waals surface area contributed by atoms with Crippen LogP contribution in [0.15, 0.2) is 46.9 Å². The van der Waals surface area contributed by atoms with Crippen LogP contribution in [0.5, 0.6) is 0 Å². The van der Waals surface area contributed by atoms with Crippen molar-refractivity contribution in [3.63, 3.8) is 0 Å². The van der Waals surface area contributed by atoms with Gasteiger partial charge in [0.1, 0.15) is 0 Å². The Hall–Kier alpha value is -2.67. The van der Waals surface area contributed by atoms with E-state index in [-0.39, 0.29) is 5.91 Å². The van der Waals surface area contributed by atoms with E-state index in [1.807, 2.05) is 23.6 Å². The molecule has 0 aliphatic rings. The number of methoxy groups -OCH3 is 1. The van der Waals surface area contributed by atoms with E-state index in [1.165, 1.54) is 18.4 Å². The van der Waals surface area contributed by atoms with Crippen molar-refractivity contribution in [1.82, 2.24) is 5.43 Å². The highest BCUT2D eigenvalue weighted by Crippen LogP contribution is 2.14. The third-order valence-electron chi connectivity index (χ3n) is 2.81. The van der Waals surface area contributed by atoms with Gasteiger partial charge in [-0.25, -0.2) is 10.2 Å². The molecule has 7 heteroatoms. The first-order chi connectivity index (χ1) is 10.6. The molecule has 0 saturated heterocycles. The molecule has 6 nitrogen and oxygen atoms in total. The summed E-state index contributed by atoms with van der Waals surface area (Å²) in [5.74, 6) is -0.138. The number of ether oxygens (including phenoxy) is 1. The van der Waals surface area contributed by atoms with Crippen LogP contribution in [0.3, 0.4) is 0 Å². The monoisotopic (exact) mass is 317 g/mol. The van der Waals surface area contributed by atoms with E-state index < -0.39 is 6.09 Å². The molecule has 2 aromatic rings. The number of carbonyl (C=O) groups excluding carboxylic acids is 2. The second-order valence-corrected chi connectivity index (χ2v) is 5.26. The van der Waals surface area contributed by atoms with Gasteiger partial charge in [0, 0.05) is 5.69 Å². The van der Waals surface area contributed by atoms with E-state index in [9.17, 15) is 9.59 Å². The van der Waals surface area contributed by atoms with Crippen molar-refractivity contribution in [2.45, 2.75) is 6.92 Å². The van der Waals surface area contributed by atoms with Gasteiger partial charge in [-0.3, -0.25) is 4.79 Å². The molecule has 2 N–H and O–H groups in total. The summed E-state index contributed by atoms with van der Waals surface area (Å²) in [4.78, 5) is 23.5. The first kappa shape index (κ1) is 15.7. The number of anilines is 1. The average Bonchev–Trinajstić information content (AvgIpc) is 3.07. The zero-order valence-electron chi connectivity index (χ0n) is 12.1. The zero-order valence-corrected chi connectivity index (χ0v) is 12.9. The Labute approximate surface area is 131 Å². The molecule has 1 aromatic heterocycles. The van der Waals surface area contributed by atoms with Crippen LogP contribution in [-0.4, -0.2) is 24.8 Å². The summed E-state index contributed by atoms with van der Waals surface area (Å²) in [6.07, 6.45) is -0.626. The van der Waals surface area contributed by atoms with Crippen LogP contribution in [0.2, 0.25) is 0 Å². The molecule has 0 spiro atoms. The number of amides is 2. The number of carbonyl (C=O) groups is 2. The topological polar surface area (TPSA) is 79.8 Å². The van der Waals surface area contributed by atoms with Crippen molar-refractivity contribution in [3.05, 3.63) is 52.2 Å². The number of hydrogen-bond acceptors (Lipinski definition) is 5. The lowest BCUT2D eigenvalue weighted by molar-refractivity contribution is 0.103. The van der Waals surface area contributed by atoms with Gasteiger partial charge in [-0.05, 0) is 36.1 Å². The summed E-state index contributed by atoms with van der Waals surface area (Å²) < 4.78 is 4.43. The fourth-order valence-electron chi connectivity index (χ4n) is 1.63. The van der Waals surface area contributed by atoms with Gasteiger partial charge in [-0.15, -0.1) is 11.3 Å². The summed E-state index contributed by atoms with van der Waals surface area (Å²) >= 11 is 1.39. The first-order valence-corrected chi connectivity index (χ1v) is 7.31. The van der Waals surface area contributed by atoms with Crippen molar-refractivity contribution in [1.29, 1.82) is 0 Å². The quantitative estimate of drug-likeness (QED) is 0.672. The van der Waals surface area contributed by atoms with Crippen molar-refractivity contribution < 1.29 is 14.3 Å². The third-order valence-corrected chi connectivity index (χ3v) is 3.67. The Morgan fingerprint density at radius 2 is 1.91 bits per heavy atom. The smallest absolute Gasteiger partial charge is 0.427 e. The maximum Gasteiger partial charge on any atom is 0.427 e. The lowest BCUT2D eigenvalue weighted by Crippen LogP contribution is -2.18. The zero-order chi connectivity index (χ0) is 15.9. The van der Waals surface area contributed by atoms with Crippen molar-refractivity contribution in [3.8, 4) is 0 Å². The van der Waals surface area contributed by atoms with Gasteiger partial charge in [-0.2, -0.15) is 5.10 Å². The standard InChI is InChI=1S/C15H15N3O3S/c1-10(17-18-15(20)21-2)11-5-7-12(8-6-11)16-14(19)13-4-3-9-22-13/h3-9H,1-2H3,(H,16,19)(H,18,20). The molecule has 0 aliphatic carbocycles. The maximum atomic E-state index is 11.9. The second kappa shape index (κ2) is 7.37. The van der Waals surface area contributed by atoms with Gasteiger partial charge in [0.25, 0.3) is 5.91 Å². The number of rotatable bonds is 4. The van der Waals surface area contributed by atoms with Crippen LogP contribution in [0.25, 0.3) is 0 Å². The minimum atomic E-state index is -0.626. The van der Waals surface area contributed by atoms with Crippen molar-refractivity contribution in [2.24, 2.45) is 5.10 Å². The fraction of sp³-hybridized carbons (Fsp3) is 0.133.